The maximum Gasteiger partial charge on any atom is 0.416 e. The summed E-state index contributed by atoms with van der Waals surface area (Å²) >= 11 is 0. The number of H-pyrrole nitrogens is 1. The van der Waals surface area contributed by atoms with Crippen molar-refractivity contribution >= 4 is 5.91 Å². The lowest BCUT2D eigenvalue weighted by molar-refractivity contribution is -0.137. The maximum absolute atomic E-state index is 12.8. The van der Waals surface area contributed by atoms with Gasteiger partial charge in [0.25, 0.3) is 11.5 Å². The van der Waals surface area contributed by atoms with E-state index >= 15 is 0 Å². The number of hydrogen-bond donors (Lipinski definition) is 2. The standard InChI is InChI=1S/C19H20F3N3O2/c20-19(21,22)14-4-1-3-13(11-14)12-25-9-6-15(7-10-25)24-18(27)16-5-2-8-23-17(16)26/h1-5,8,11,15H,6-7,9-10,12H2,(H,23,26)(H,24,27). The summed E-state index contributed by atoms with van der Waals surface area (Å²) in [5, 5.41) is 2.86. The molecule has 0 radical (unpaired) electrons. The van der Waals surface area contributed by atoms with E-state index in [1.165, 1.54) is 24.4 Å². The molecule has 5 nitrogen and oxygen atoms in total. The van der Waals surface area contributed by atoms with E-state index in [2.05, 4.69) is 15.2 Å². The molecule has 0 bridgehead atoms. The molecule has 1 aliphatic heterocycles. The number of carbonyl (C=O) groups is 1. The molecule has 2 aromatic rings. The molecule has 0 unspecified atom stereocenters. The van der Waals surface area contributed by atoms with Crippen LogP contribution in [0.2, 0.25) is 0 Å². The number of benzene rings is 1. The van der Waals surface area contributed by atoms with Gasteiger partial charge in [-0.05, 0) is 36.6 Å². The number of pyridine rings is 1. The smallest absolute Gasteiger partial charge is 0.349 e. The average molecular weight is 379 g/mol. The third kappa shape index (κ3) is 4.97. The van der Waals surface area contributed by atoms with Crippen LogP contribution in [0.4, 0.5) is 13.2 Å². The summed E-state index contributed by atoms with van der Waals surface area (Å²) in [4.78, 5) is 28.4. The Labute approximate surface area is 154 Å². The Hall–Kier alpha value is -2.61. The molecule has 8 heteroatoms. The van der Waals surface area contributed by atoms with Crippen LogP contribution in [-0.2, 0) is 12.7 Å². The Bertz CT molecular complexity index is 856. The lowest BCUT2D eigenvalue weighted by Crippen LogP contribution is -2.45. The number of amides is 1. The molecule has 0 saturated carbocycles. The molecule has 2 heterocycles. The van der Waals surface area contributed by atoms with Crippen LogP contribution in [0.5, 0.6) is 0 Å². The first-order chi connectivity index (χ1) is 12.8. The molecule has 1 aromatic heterocycles. The fraction of sp³-hybridized carbons (Fsp3) is 0.368. The zero-order chi connectivity index (χ0) is 19.4. The van der Waals surface area contributed by atoms with Gasteiger partial charge in [0.2, 0.25) is 0 Å². The molecule has 1 fully saturated rings. The molecule has 1 saturated heterocycles. The molecule has 1 aromatic carbocycles. The number of hydrogen-bond acceptors (Lipinski definition) is 3. The first-order valence-corrected chi connectivity index (χ1v) is 8.70. The molecule has 0 spiro atoms. The average Bonchev–Trinajstić information content (AvgIpc) is 2.63. The molecule has 1 aliphatic rings. The van der Waals surface area contributed by atoms with E-state index in [4.69, 9.17) is 0 Å². The summed E-state index contributed by atoms with van der Waals surface area (Å²) in [6, 6.07) is 8.35. The number of aromatic nitrogens is 1. The van der Waals surface area contributed by atoms with Crippen LogP contribution >= 0.6 is 0 Å². The van der Waals surface area contributed by atoms with Crippen LogP contribution in [0.15, 0.2) is 47.4 Å². The molecule has 2 N–H and O–H groups in total. The summed E-state index contributed by atoms with van der Waals surface area (Å²) < 4.78 is 38.4. The Morgan fingerprint density at radius 3 is 2.59 bits per heavy atom. The van der Waals surface area contributed by atoms with Gasteiger partial charge in [0.1, 0.15) is 5.56 Å². The second kappa shape index (κ2) is 7.96. The van der Waals surface area contributed by atoms with Crippen molar-refractivity contribution in [2.45, 2.75) is 31.6 Å². The van der Waals surface area contributed by atoms with Crippen LogP contribution in [0.3, 0.4) is 0 Å². The van der Waals surface area contributed by atoms with E-state index in [0.29, 0.717) is 38.0 Å². The molecular weight excluding hydrogens is 359 g/mol. The van der Waals surface area contributed by atoms with E-state index in [9.17, 15) is 22.8 Å². The van der Waals surface area contributed by atoms with Gasteiger partial charge in [-0.25, -0.2) is 0 Å². The fourth-order valence-electron chi connectivity index (χ4n) is 3.20. The normalized spacial score (nSPS) is 16.3. The van der Waals surface area contributed by atoms with Crippen molar-refractivity contribution in [1.29, 1.82) is 0 Å². The van der Waals surface area contributed by atoms with Gasteiger partial charge in [-0.1, -0.05) is 18.2 Å². The van der Waals surface area contributed by atoms with Gasteiger partial charge in [0.05, 0.1) is 5.56 Å². The third-order valence-corrected chi connectivity index (χ3v) is 4.65. The summed E-state index contributed by atoms with van der Waals surface area (Å²) in [5.74, 6) is -0.409. The van der Waals surface area contributed by atoms with E-state index in [-0.39, 0.29) is 11.6 Å². The van der Waals surface area contributed by atoms with Gasteiger partial charge in [-0.3, -0.25) is 14.5 Å². The monoisotopic (exact) mass is 379 g/mol. The van der Waals surface area contributed by atoms with Crippen molar-refractivity contribution in [3.8, 4) is 0 Å². The van der Waals surface area contributed by atoms with Crippen molar-refractivity contribution in [2.24, 2.45) is 0 Å². The zero-order valence-electron chi connectivity index (χ0n) is 14.6. The van der Waals surface area contributed by atoms with Crippen molar-refractivity contribution in [2.75, 3.05) is 13.1 Å². The van der Waals surface area contributed by atoms with Gasteiger partial charge in [-0.2, -0.15) is 13.2 Å². The van der Waals surface area contributed by atoms with Gasteiger partial charge >= 0.3 is 6.18 Å². The van der Waals surface area contributed by atoms with Gasteiger partial charge < -0.3 is 10.3 Å². The maximum atomic E-state index is 12.8. The predicted molar refractivity (Wildman–Crippen MR) is 94.3 cm³/mol. The Morgan fingerprint density at radius 1 is 1.19 bits per heavy atom. The van der Waals surface area contributed by atoms with Crippen LogP contribution in [0, 0.1) is 0 Å². The number of halogens is 3. The van der Waals surface area contributed by atoms with Gasteiger partial charge in [0, 0.05) is 31.9 Å². The summed E-state index contributed by atoms with van der Waals surface area (Å²) in [6.07, 6.45) is -1.53. The highest BCUT2D eigenvalue weighted by molar-refractivity contribution is 5.93. The first-order valence-electron chi connectivity index (χ1n) is 8.70. The summed E-state index contributed by atoms with van der Waals surface area (Å²) in [5.41, 5.74) is -0.390. The molecule has 27 heavy (non-hydrogen) atoms. The zero-order valence-corrected chi connectivity index (χ0v) is 14.6. The number of alkyl halides is 3. The van der Waals surface area contributed by atoms with Crippen molar-refractivity contribution < 1.29 is 18.0 Å². The Morgan fingerprint density at radius 2 is 1.93 bits per heavy atom. The highest BCUT2D eigenvalue weighted by Crippen LogP contribution is 2.30. The Balaban J connectivity index is 1.53. The summed E-state index contributed by atoms with van der Waals surface area (Å²) in [6.45, 7) is 1.75. The SMILES string of the molecule is O=C(NC1CCN(Cc2cccc(C(F)(F)F)c2)CC1)c1ccc[nH]c1=O. The van der Waals surface area contributed by atoms with Gasteiger partial charge in [0.15, 0.2) is 0 Å². The summed E-state index contributed by atoms with van der Waals surface area (Å²) in [7, 11) is 0. The third-order valence-electron chi connectivity index (χ3n) is 4.65. The lowest BCUT2D eigenvalue weighted by atomic mass is 10.0. The number of likely N-dealkylation sites (tertiary alicyclic amines) is 1. The predicted octanol–water partition coefficient (Wildman–Crippen LogP) is 2.79. The first kappa shape index (κ1) is 19.2. The largest absolute Gasteiger partial charge is 0.416 e. The van der Waals surface area contributed by atoms with Crippen LogP contribution in [-0.4, -0.2) is 34.9 Å². The minimum absolute atomic E-state index is 0.0603. The number of nitrogens with one attached hydrogen (secondary N) is 2. The quantitative estimate of drug-likeness (QED) is 0.859. The van der Waals surface area contributed by atoms with Crippen molar-refractivity contribution in [1.82, 2.24) is 15.2 Å². The number of nitrogens with zero attached hydrogens (tertiary/aromatic N) is 1. The molecule has 0 atom stereocenters. The number of aromatic amines is 1. The highest BCUT2D eigenvalue weighted by Gasteiger charge is 2.30. The van der Waals surface area contributed by atoms with Crippen LogP contribution in [0.25, 0.3) is 0 Å². The van der Waals surface area contributed by atoms with Crippen molar-refractivity contribution in [3.63, 3.8) is 0 Å². The molecule has 1 amide bonds. The second-order valence-electron chi connectivity index (χ2n) is 6.63. The van der Waals surface area contributed by atoms with Crippen LogP contribution in [0.1, 0.15) is 34.3 Å². The highest BCUT2D eigenvalue weighted by atomic mass is 19.4. The van der Waals surface area contributed by atoms with E-state index in [1.54, 1.807) is 12.1 Å². The molecular formula is C19H20F3N3O2. The number of carbonyl (C=O) groups excluding carboxylic acids is 1. The molecule has 144 valence electrons. The lowest BCUT2D eigenvalue weighted by Gasteiger charge is -2.32. The van der Waals surface area contributed by atoms with E-state index in [0.717, 1.165) is 6.07 Å². The number of piperidine rings is 1. The topological polar surface area (TPSA) is 65.2 Å². The van der Waals surface area contributed by atoms with E-state index in [1.807, 2.05) is 0 Å². The van der Waals surface area contributed by atoms with Crippen molar-refractivity contribution in [3.05, 3.63) is 69.6 Å². The van der Waals surface area contributed by atoms with Gasteiger partial charge in [-0.15, -0.1) is 0 Å². The minimum atomic E-state index is -4.34. The molecule has 0 aliphatic carbocycles. The fourth-order valence-corrected chi connectivity index (χ4v) is 3.20. The van der Waals surface area contributed by atoms with E-state index < -0.39 is 23.2 Å². The number of rotatable bonds is 4. The Kier molecular flexibility index (Phi) is 5.65. The molecule has 3 rings (SSSR count). The minimum Gasteiger partial charge on any atom is -0.349 e. The second-order valence-corrected chi connectivity index (χ2v) is 6.63. The van der Waals surface area contributed by atoms with Crippen LogP contribution < -0.4 is 10.9 Å².